The molecule has 0 fully saturated rings. The number of benzene rings is 2. The molecule has 52 heavy (non-hydrogen) atoms. The molecule has 1 aliphatic carbocycles. The summed E-state index contributed by atoms with van der Waals surface area (Å²) in [7, 11) is -4.00. The average Bonchev–Trinajstić information content (AvgIpc) is 3.45. The Bertz CT molecular complexity index is 1530. The van der Waals surface area contributed by atoms with E-state index < -0.39 is 39.8 Å². The van der Waals surface area contributed by atoms with Gasteiger partial charge in [-0.3, -0.25) is 9.59 Å². The van der Waals surface area contributed by atoms with E-state index in [2.05, 4.69) is 37.5 Å². The van der Waals surface area contributed by atoms with Crippen LogP contribution in [0.2, 0.25) is 0 Å². The number of sulfonamides is 1. The van der Waals surface area contributed by atoms with Crippen molar-refractivity contribution < 1.29 is 51.6 Å². The summed E-state index contributed by atoms with van der Waals surface area (Å²) in [6.07, 6.45) is 0.178. The van der Waals surface area contributed by atoms with Gasteiger partial charge in [0, 0.05) is 36.9 Å². The smallest absolute Gasteiger partial charge is 0.407 e. The highest BCUT2D eigenvalue weighted by Crippen LogP contribution is 2.44. The number of azide groups is 1. The van der Waals surface area contributed by atoms with Gasteiger partial charge in [-0.25, -0.2) is 17.9 Å². The molecule has 0 heterocycles. The number of hydrogen-bond acceptors (Lipinski definition) is 11. The van der Waals surface area contributed by atoms with E-state index in [0.29, 0.717) is 52.5 Å². The standard InChI is InChI=1S/C34H48N6O11S/c35-40-38-14-17-48-19-21-50-23-22-49-20-18-47-16-12-32(41)36-15-24-52(45,46)39-31(33(42)43)11-5-6-13-37-34(44)51-25-30-28-9-3-1-7-26(28)27-8-2-4-10-29(27)30/h1-4,7-10,30-31,39H,5-6,11-25H2,(H,36,41)(H,37,44)(H,42,43)/t31-/m0/s1. The quantitative estimate of drug-likeness (QED) is 0.0427. The zero-order valence-corrected chi connectivity index (χ0v) is 29.9. The zero-order valence-electron chi connectivity index (χ0n) is 29.1. The summed E-state index contributed by atoms with van der Waals surface area (Å²) in [6.45, 7) is 2.97. The van der Waals surface area contributed by atoms with Crippen molar-refractivity contribution in [2.24, 2.45) is 5.11 Å². The van der Waals surface area contributed by atoms with Crippen LogP contribution in [0.25, 0.3) is 21.6 Å². The summed E-state index contributed by atoms with van der Waals surface area (Å²) >= 11 is 0. The van der Waals surface area contributed by atoms with Crippen molar-refractivity contribution in [3.05, 3.63) is 70.1 Å². The predicted octanol–water partition coefficient (Wildman–Crippen LogP) is 2.95. The summed E-state index contributed by atoms with van der Waals surface area (Å²) in [5.41, 5.74) is 12.6. The Hall–Kier alpha value is -4.29. The van der Waals surface area contributed by atoms with Crippen LogP contribution < -0.4 is 15.4 Å². The maximum absolute atomic E-state index is 12.5. The number of nitrogens with one attached hydrogen (secondary N) is 3. The van der Waals surface area contributed by atoms with Crippen molar-refractivity contribution in [3.8, 4) is 11.1 Å². The number of amides is 2. The number of fused-ring (bicyclic) bond motifs is 3. The lowest BCUT2D eigenvalue weighted by atomic mass is 9.98. The van der Waals surface area contributed by atoms with Crippen LogP contribution in [0, 0.1) is 0 Å². The number of carboxylic acids is 1. The Morgan fingerprint density at radius 1 is 0.808 bits per heavy atom. The Morgan fingerprint density at radius 3 is 1.98 bits per heavy atom. The van der Waals surface area contributed by atoms with Gasteiger partial charge in [0.2, 0.25) is 15.9 Å². The summed E-state index contributed by atoms with van der Waals surface area (Å²) in [4.78, 5) is 38.7. The molecule has 17 nitrogen and oxygen atoms in total. The predicted molar refractivity (Wildman–Crippen MR) is 190 cm³/mol. The van der Waals surface area contributed by atoms with Gasteiger partial charge in [0.05, 0.1) is 58.6 Å². The van der Waals surface area contributed by atoms with Gasteiger partial charge in [0.1, 0.15) is 12.6 Å². The largest absolute Gasteiger partial charge is 0.480 e. The number of alkyl carbamates (subject to hydrolysis) is 1. The van der Waals surface area contributed by atoms with Crippen LogP contribution in [0.1, 0.15) is 42.7 Å². The fourth-order valence-corrected chi connectivity index (χ4v) is 6.45. The molecule has 0 radical (unpaired) electrons. The number of aliphatic carboxylic acids is 1. The molecule has 1 aliphatic rings. The number of nitrogens with zero attached hydrogens (tertiary/aromatic N) is 3. The highest BCUT2D eigenvalue weighted by Gasteiger charge is 2.29. The maximum atomic E-state index is 12.5. The van der Waals surface area contributed by atoms with Gasteiger partial charge in [0.25, 0.3) is 0 Å². The first-order chi connectivity index (χ1) is 25.2. The Labute approximate surface area is 303 Å². The number of unbranched alkanes of at least 4 members (excludes halogenated alkanes) is 1. The minimum atomic E-state index is -4.00. The average molecular weight is 749 g/mol. The monoisotopic (exact) mass is 748 g/mol. The van der Waals surface area contributed by atoms with E-state index in [1.165, 1.54) is 0 Å². The van der Waals surface area contributed by atoms with Crippen molar-refractivity contribution in [3.63, 3.8) is 0 Å². The molecule has 0 spiro atoms. The number of hydrogen-bond donors (Lipinski definition) is 4. The Morgan fingerprint density at radius 2 is 1.38 bits per heavy atom. The van der Waals surface area contributed by atoms with E-state index in [4.69, 9.17) is 29.2 Å². The lowest BCUT2D eigenvalue weighted by Crippen LogP contribution is -2.43. The van der Waals surface area contributed by atoms with Crippen molar-refractivity contribution >= 4 is 28.0 Å². The van der Waals surface area contributed by atoms with Crippen LogP contribution in [0.3, 0.4) is 0 Å². The third-order valence-electron chi connectivity index (χ3n) is 7.83. The van der Waals surface area contributed by atoms with Crippen molar-refractivity contribution in [1.82, 2.24) is 15.4 Å². The molecule has 0 saturated heterocycles. The number of rotatable bonds is 28. The summed E-state index contributed by atoms with van der Waals surface area (Å²) < 4.78 is 53.8. The van der Waals surface area contributed by atoms with E-state index in [1.807, 2.05) is 36.4 Å². The van der Waals surface area contributed by atoms with E-state index in [1.54, 1.807) is 0 Å². The topological polar surface area (TPSA) is 237 Å². The molecule has 0 bridgehead atoms. The number of carbonyl (C=O) groups excluding carboxylic acids is 2. The van der Waals surface area contributed by atoms with Gasteiger partial charge in [-0.05, 0) is 47.0 Å². The van der Waals surface area contributed by atoms with Crippen LogP contribution in [-0.4, -0.2) is 122 Å². The van der Waals surface area contributed by atoms with Crippen LogP contribution >= 0.6 is 0 Å². The first kappa shape index (κ1) is 42.1. The molecule has 2 aromatic carbocycles. The fraction of sp³-hybridized carbons (Fsp3) is 0.559. The number of ether oxygens (including phenoxy) is 5. The molecular formula is C34H48N6O11S. The molecule has 3 rings (SSSR count). The van der Waals surface area contributed by atoms with Crippen molar-refractivity contribution in [2.45, 2.75) is 37.6 Å². The summed E-state index contributed by atoms with van der Waals surface area (Å²) in [6, 6.07) is 14.7. The third-order valence-corrected chi connectivity index (χ3v) is 9.22. The van der Waals surface area contributed by atoms with E-state index >= 15 is 0 Å². The minimum absolute atomic E-state index is 0.0115. The second-order valence-corrected chi connectivity index (χ2v) is 13.5. The highest BCUT2D eigenvalue weighted by molar-refractivity contribution is 7.89. The normalized spacial score (nSPS) is 12.7. The Kier molecular flexibility index (Phi) is 19.5. The van der Waals surface area contributed by atoms with Gasteiger partial charge < -0.3 is 39.4 Å². The van der Waals surface area contributed by atoms with Crippen LogP contribution in [0.5, 0.6) is 0 Å². The lowest BCUT2D eigenvalue weighted by molar-refractivity contribution is -0.139. The number of carbonyl (C=O) groups is 3. The first-order valence-electron chi connectivity index (χ1n) is 17.1. The van der Waals surface area contributed by atoms with E-state index in [9.17, 15) is 27.9 Å². The second kappa shape index (κ2) is 24.0. The van der Waals surface area contributed by atoms with Crippen LogP contribution in [-0.2, 0) is 43.3 Å². The van der Waals surface area contributed by atoms with Crippen LogP contribution in [0.15, 0.2) is 53.6 Å². The van der Waals surface area contributed by atoms with E-state index in [0.717, 1.165) is 22.3 Å². The second-order valence-electron chi connectivity index (χ2n) is 11.6. The molecule has 2 amide bonds. The molecule has 0 aromatic heterocycles. The molecule has 4 N–H and O–H groups in total. The fourth-order valence-electron chi connectivity index (χ4n) is 5.31. The zero-order chi connectivity index (χ0) is 37.4. The molecule has 2 aromatic rings. The SMILES string of the molecule is [N-]=[N+]=NCCOCCOCCOCCOCCC(=O)NCCS(=O)(=O)N[C@@H](CCCCNC(=O)OCC1c2ccccc2-c2ccccc21)C(=O)O. The van der Waals surface area contributed by atoms with Crippen molar-refractivity contribution in [2.75, 3.05) is 84.8 Å². The summed E-state index contributed by atoms with van der Waals surface area (Å²) in [5, 5.41) is 18.0. The molecule has 286 valence electrons. The molecule has 0 aliphatic heterocycles. The third kappa shape index (κ3) is 15.9. The Balaban J connectivity index is 1.19. The minimum Gasteiger partial charge on any atom is -0.480 e. The summed E-state index contributed by atoms with van der Waals surface area (Å²) in [5.74, 6) is -2.30. The lowest BCUT2D eigenvalue weighted by Gasteiger charge is -2.16. The van der Waals surface area contributed by atoms with Gasteiger partial charge in [0.15, 0.2) is 0 Å². The molecular weight excluding hydrogens is 700 g/mol. The molecule has 0 unspecified atom stereocenters. The molecule has 1 atom stereocenters. The first-order valence-corrected chi connectivity index (χ1v) is 18.8. The van der Waals surface area contributed by atoms with Gasteiger partial charge >= 0.3 is 12.1 Å². The van der Waals surface area contributed by atoms with Crippen LogP contribution in [0.4, 0.5) is 4.79 Å². The molecule has 0 saturated carbocycles. The van der Waals surface area contributed by atoms with E-state index in [-0.39, 0.29) is 58.2 Å². The molecule has 18 heteroatoms. The maximum Gasteiger partial charge on any atom is 0.407 e. The highest BCUT2D eigenvalue weighted by atomic mass is 32.2. The van der Waals surface area contributed by atoms with Crippen molar-refractivity contribution in [1.29, 1.82) is 0 Å². The number of carboxylic acid groups (broad SMARTS) is 1. The van der Waals surface area contributed by atoms with Gasteiger partial charge in [-0.15, -0.1) is 0 Å². The van der Waals surface area contributed by atoms with Gasteiger partial charge in [-0.1, -0.05) is 53.6 Å². The van der Waals surface area contributed by atoms with Gasteiger partial charge in [-0.2, -0.15) is 0 Å².